The van der Waals surface area contributed by atoms with Crippen molar-refractivity contribution in [2.24, 2.45) is 0 Å². The number of hydrogen-bond acceptors (Lipinski definition) is 4. The Labute approximate surface area is 146 Å². The zero-order valence-electron chi connectivity index (χ0n) is 14.1. The van der Waals surface area contributed by atoms with E-state index >= 15 is 0 Å². The highest BCUT2D eigenvalue weighted by atomic mass is 32.1. The molecule has 0 spiro atoms. The molecule has 126 valence electrons. The molecule has 24 heavy (non-hydrogen) atoms. The van der Waals surface area contributed by atoms with Crippen LogP contribution in [-0.2, 0) is 11.2 Å². The minimum absolute atomic E-state index is 0.0178. The fraction of sp³-hybridized carbons (Fsp3) is 0.316. The molecule has 0 fully saturated rings. The molecule has 0 N–H and O–H groups in total. The quantitative estimate of drug-likeness (QED) is 0.790. The molecule has 1 amide bonds. The van der Waals surface area contributed by atoms with Gasteiger partial charge in [0.25, 0.3) is 0 Å². The molecular weight excluding hydrogens is 322 g/mol. The van der Waals surface area contributed by atoms with Gasteiger partial charge in [-0.2, -0.15) is 0 Å². The van der Waals surface area contributed by atoms with E-state index in [-0.39, 0.29) is 11.9 Å². The fourth-order valence-electron chi connectivity index (χ4n) is 3.04. The first-order valence-electron chi connectivity index (χ1n) is 7.91. The average molecular weight is 343 g/mol. The number of carbonyl (C=O) groups is 1. The van der Waals surface area contributed by atoms with E-state index in [0.717, 1.165) is 24.3 Å². The Balaban J connectivity index is 1.79. The summed E-state index contributed by atoms with van der Waals surface area (Å²) in [6, 6.07) is 7.77. The van der Waals surface area contributed by atoms with Gasteiger partial charge in [-0.1, -0.05) is 0 Å². The van der Waals surface area contributed by atoms with Gasteiger partial charge in [0.1, 0.15) is 11.5 Å². The summed E-state index contributed by atoms with van der Waals surface area (Å²) in [5, 5.41) is 2.10. The average Bonchev–Trinajstić information content (AvgIpc) is 3.09. The number of methoxy groups -OCH3 is 2. The van der Waals surface area contributed by atoms with Crippen LogP contribution < -0.4 is 9.47 Å². The molecule has 3 rings (SSSR count). The molecule has 1 unspecified atom stereocenters. The van der Waals surface area contributed by atoms with Gasteiger partial charge in [0.15, 0.2) is 0 Å². The zero-order valence-corrected chi connectivity index (χ0v) is 14.9. The molecule has 4 nitrogen and oxygen atoms in total. The minimum Gasteiger partial charge on any atom is -0.497 e. The molecule has 0 saturated carbocycles. The normalized spacial score (nSPS) is 17.0. The van der Waals surface area contributed by atoms with E-state index in [9.17, 15) is 4.79 Å². The van der Waals surface area contributed by atoms with Crippen LogP contribution in [0.4, 0.5) is 0 Å². The van der Waals surface area contributed by atoms with Crippen molar-refractivity contribution in [2.45, 2.75) is 19.4 Å². The third-order valence-corrected chi connectivity index (χ3v) is 5.40. The van der Waals surface area contributed by atoms with E-state index in [1.165, 1.54) is 10.4 Å². The summed E-state index contributed by atoms with van der Waals surface area (Å²) in [7, 11) is 3.24. The standard InChI is InChI=1S/C19H21NO3S/c1-13-16-9-11-24-18(16)8-10-20(13)19(21)7-4-14-12-15(22-2)5-6-17(14)23-3/h4-7,9,11-13H,8,10H2,1-3H3/b7-4+. The summed E-state index contributed by atoms with van der Waals surface area (Å²) in [6.07, 6.45) is 4.34. The third kappa shape index (κ3) is 3.17. The van der Waals surface area contributed by atoms with Crippen molar-refractivity contribution >= 4 is 23.3 Å². The lowest BCUT2D eigenvalue weighted by molar-refractivity contribution is -0.128. The van der Waals surface area contributed by atoms with Gasteiger partial charge in [0.2, 0.25) is 5.91 Å². The Morgan fingerprint density at radius 1 is 1.29 bits per heavy atom. The molecular formula is C19H21NO3S. The van der Waals surface area contributed by atoms with Crippen LogP contribution >= 0.6 is 11.3 Å². The Morgan fingerprint density at radius 2 is 2.12 bits per heavy atom. The molecule has 1 aromatic carbocycles. The largest absolute Gasteiger partial charge is 0.497 e. The van der Waals surface area contributed by atoms with Crippen LogP contribution in [0.3, 0.4) is 0 Å². The SMILES string of the molecule is COc1ccc(OC)c(/C=C/C(=O)N2CCc3sccc3C2C)c1. The lowest BCUT2D eigenvalue weighted by atomic mass is 10.0. The van der Waals surface area contributed by atoms with Crippen LogP contribution in [0.2, 0.25) is 0 Å². The molecule has 0 aliphatic carbocycles. The minimum atomic E-state index is 0.0178. The molecule has 1 aliphatic rings. The van der Waals surface area contributed by atoms with Gasteiger partial charge >= 0.3 is 0 Å². The van der Waals surface area contributed by atoms with E-state index in [4.69, 9.17) is 9.47 Å². The highest BCUT2D eigenvalue weighted by molar-refractivity contribution is 7.10. The van der Waals surface area contributed by atoms with Gasteiger partial charge in [-0.3, -0.25) is 4.79 Å². The van der Waals surface area contributed by atoms with Crippen molar-refractivity contribution in [1.29, 1.82) is 0 Å². The maximum Gasteiger partial charge on any atom is 0.247 e. The van der Waals surface area contributed by atoms with Crippen LogP contribution in [0.5, 0.6) is 11.5 Å². The second kappa shape index (κ2) is 7.09. The Morgan fingerprint density at radius 3 is 2.88 bits per heavy atom. The Bertz CT molecular complexity index is 766. The summed E-state index contributed by atoms with van der Waals surface area (Å²) < 4.78 is 10.6. The lowest BCUT2D eigenvalue weighted by Crippen LogP contribution is -2.37. The zero-order chi connectivity index (χ0) is 17.1. The van der Waals surface area contributed by atoms with Crippen LogP contribution in [0.1, 0.15) is 29.0 Å². The second-order valence-corrected chi connectivity index (χ2v) is 6.70. The summed E-state index contributed by atoms with van der Waals surface area (Å²) in [5.41, 5.74) is 2.10. The summed E-state index contributed by atoms with van der Waals surface area (Å²) in [6.45, 7) is 2.84. The smallest absolute Gasteiger partial charge is 0.247 e. The highest BCUT2D eigenvalue weighted by Crippen LogP contribution is 2.33. The van der Waals surface area contributed by atoms with E-state index in [1.54, 1.807) is 37.7 Å². The monoisotopic (exact) mass is 343 g/mol. The Kier molecular flexibility index (Phi) is 4.90. The van der Waals surface area contributed by atoms with Crippen LogP contribution in [0.15, 0.2) is 35.7 Å². The first-order valence-corrected chi connectivity index (χ1v) is 8.79. The van der Waals surface area contributed by atoms with E-state index in [2.05, 4.69) is 18.4 Å². The van der Waals surface area contributed by atoms with Gasteiger partial charge in [0, 0.05) is 23.1 Å². The number of amides is 1. The molecule has 5 heteroatoms. The van der Waals surface area contributed by atoms with E-state index in [1.807, 2.05) is 23.1 Å². The molecule has 0 saturated heterocycles. The van der Waals surface area contributed by atoms with Crippen molar-refractivity contribution in [2.75, 3.05) is 20.8 Å². The second-order valence-electron chi connectivity index (χ2n) is 5.70. The van der Waals surface area contributed by atoms with Gasteiger partial charge in [-0.15, -0.1) is 11.3 Å². The van der Waals surface area contributed by atoms with Crippen LogP contribution in [0, 0.1) is 0 Å². The van der Waals surface area contributed by atoms with Crippen LogP contribution in [-0.4, -0.2) is 31.6 Å². The first-order chi connectivity index (χ1) is 11.6. The topological polar surface area (TPSA) is 38.8 Å². The molecule has 1 atom stereocenters. The molecule has 2 heterocycles. The summed E-state index contributed by atoms with van der Waals surface area (Å²) >= 11 is 1.78. The van der Waals surface area contributed by atoms with Crippen molar-refractivity contribution in [1.82, 2.24) is 4.90 Å². The number of carbonyl (C=O) groups excluding carboxylic acids is 1. The number of thiophene rings is 1. The number of benzene rings is 1. The molecule has 0 radical (unpaired) electrons. The first kappa shape index (κ1) is 16.6. The highest BCUT2D eigenvalue weighted by Gasteiger charge is 2.27. The number of rotatable bonds is 4. The van der Waals surface area contributed by atoms with Gasteiger partial charge in [-0.05, 0) is 54.6 Å². The van der Waals surface area contributed by atoms with Crippen LogP contribution in [0.25, 0.3) is 6.08 Å². The summed E-state index contributed by atoms with van der Waals surface area (Å²) in [4.78, 5) is 15.9. The molecule has 2 aromatic rings. The predicted molar refractivity (Wildman–Crippen MR) is 96.7 cm³/mol. The Hall–Kier alpha value is -2.27. The number of nitrogens with zero attached hydrogens (tertiary/aromatic N) is 1. The molecule has 0 bridgehead atoms. The number of fused-ring (bicyclic) bond motifs is 1. The number of ether oxygens (including phenoxy) is 2. The van der Waals surface area contributed by atoms with Gasteiger partial charge in [-0.25, -0.2) is 0 Å². The summed E-state index contributed by atoms with van der Waals surface area (Å²) in [5.74, 6) is 1.47. The van der Waals surface area contributed by atoms with Crippen molar-refractivity contribution in [3.8, 4) is 11.5 Å². The lowest BCUT2D eigenvalue weighted by Gasteiger charge is -2.32. The molecule has 1 aromatic heterocycles. The van der Waals surface area contributed by atoms with Crippen molar-refractivity contribution in [3.63, 3.8) is 0 Å². The van der Waals surface area contributed by atoms with E-state index in [0.29, 0.717) is 5.75 Å². The van der Waals surface area contributed by atoms with Gasteiger partial charge in [0.05, 0.1) is 20.3 Å². The maximum absolute atomic E-state index is 12.6. The van der Waals surface area contributed by atoms with E-state index < -0.39 is 0 Å². The maximum atomic E-state index is 12.6. The molecule has 1 aliphatic heterocycles. The van der Waals surface area contributed by atoms with Gasteiger partial charge < -0.3 is 14.4 Å². The fourth-order valence-corrected chi connectivity index (χ4v) is 4.00. The third-order valence-electron chi connectivity index (χ3n) is 4.40. The van der Waals surface area contributed by atoms with Crippen molar-refractivity contribution < 1.29 is 14.3 Å². The number of hydrogen-bond donors (Lipinski definition) is 0. The van der Waals surface area contributed by atoms with Crippen molar-refractivity contribution in [3.05, 3.63) is 51.7 Å². The predicted octanol–water partition coefficient (Wildman–Crippen LogP) is 3.92.